The first-order valence-electron chi connectivity index (χ1n) is 9.63. The molecule has 0 unspecified atom stereocenters. The molecule has 0 aliphatic rings. The second-order valence-electron chi connectivity index (χ2n) is 6.97. The van der Waals surface area contributed by atoms with Crippen molar-refractivity contribution >= 4 is 34.1 Å². The van der Waals surface area contributed by atoms with Crippen LogP contribution in [0, 0.1) is 6.92 Å². The van der Waals surface area contributed by atoms with E-state index in [0.717, 1.165) is 39.9 Å². The molecule has 3 aromatic carbocycles. The van der Waals surface area contributed by atoms with Crippen LogP contribution in [0.3, 0.4) is 0 Å². The number of nitrogens with zero attached hydrogens (tertiary/aromatic N) is 1. The summed E-state index contributed by atoms with van der Waals surface area (Å²) in [5, 5.41) is 4.34. The van der Waals surface area contributed by atoms with Gasteiger partial charge in [0.25, 0.3) is 5.91 Å². The van der Waals surface area contributed by atoms with Crippen LogP contribution in [0.15, 0.2) is 72.8 Å². The molecule has 0 radical (unpaired) electrons. The molecule has 0 aliphatic carbocycles. The lowest BCUT2D eigenvalue weighted by Crippen LogP contribution is -2.14. The molecular formula is C25H21ClN2O. The van der Waals surface area contributed by atoms with Crippen molar-refractivity contribution in [3.8, 4) is 11.3 Å². The van der Waals surface area contributed by atoms with E-state index in [1.807, 2.05) is 73.7 Å². The standard InChI is InChI=1S/C25H21ClN2O/c1-3-17-10-5-7-14-22(17)28-25(29)20-15-23(18-11-6-4-9-16(18)2)27-24-19(20)12-8-13-21(24)26/h4-15H,3H2,1-2H3,(H,28,29). The first-order chi connectivity index (χ1) is 14.1. The molecule has 0 atom stereocenters. The number of pyridine rings is 1. The first-order valence-corrected chi connectivity index (χ1v) is 10.0. The summed E-state index contributed by atoms with van der Waals surface area (Å²) in [5.41, 5.74) is 5.91. The Morgan fingerprint density at radius 2 is 1.76 bits per heavy atom. The van der Waals surface area contributed by atoms with Gasteiger partial charge in [-0.05, 0) is 42.7 Å². The van der Waals surface area contributed by atoms with Gasteiger partial charge in [-0.3, -0.25) is 4.79 Å². The molecule has 0 saturated carbocycles. The van der Waals surface area contributed by atoms with Crippen LogP contribution in [0.5, 0.6) is 0 Å². The van der Waals surface area contributed by atoms with Crippen molar-refractivity contribution in [2.24, 2.45) is 0 Å². The highest BCUT2D eigenvalue weighted by atomic mass is 35.5. The number of hydrogen-bond donors (Lipinski definition) is 1. The maximum atomic E-state index is 13.3. The molecule has 1 aromatic heterocycles. The van der Waals surface area contributed by atoms with E-state index in [0.29, 0.717) is 16.1 Å². The number of aromatic nitrogens is 1. The highest BCUT2D eigenvalue weighted by Gasteiger charge is 2.17. The van der Waals surface area contributed by atoms with E-state index in [-0.39, 0.29) is 5.91 Å². The number of rotatable bonds is 4. The van der Waals surface area contributed by atoms with Crippen molar-refractivity contribution in [2.75, 3.05) is 5.32 Å². The molecule has 1 amide bonds. The molecule has 0 bridgehead atoms. The quantitative estimate of drug-likeness (QED) is 0.415. The van der Waals surface area contributed by atoms with Gasteiger partial charge in [-0.1, -0.05) is 73.1 Å². The Balaban J connectivity index is 1.88. The predicted molar refractivity (Wildman–Crippen MR) is 121 cm³/mol. The van der Waals surface area contributed by atoms with Gasteiger partial charge in [-0.2, -0.15) is 0 Å². The summed E-state index contributed by atoms with van der Waals surface area (Å²) < 4.78 is 0. The number of para-hydroxylation sites is 2. The number of nitrogens with one attached hydrogen (secondary N) is 1. The number of carbonyl (C=O) groups excluding carboxylic acids is 1. The van der Waals surface area contributed by atoms with Gasteiger partial charge in [-0.25, -0.2) is 4.98 Å². The lowest BCUT2D eigenvalue weighted by Gasteiger charge is -2.14. The highest BCUT2D eigenvalue weighted by molar-refractivity contribution is 6.35. The van der Waals surface area contributed by atoms with Crippen LogP contribution in [-0.4, -0.2) is 10.9 Å². The topological polar surface area (TPSA) is 42.0 Å². The first kappa shape index (κ1) is 19.2. The van der Waals surface area contributed by atoms with E-state index in [1.165, 1.54) is 0 Å². The molecular weight excluding hydrogens is 380 g/mol. The zero-order valence-electron chi connectivity index (χ0n) is 16.4. The number of fused-ring (bicyclic) bond motifs is 1. The van der Waals surface area contributed by atoms with Crippen molar-refractivity contribution in [3.63, 3.8) is 0 Å². The SMILES string of the molecule is CCc1ccccc1NC(=O)c1cc(-c2ccccc2C)nc2c(Cl)cccc12. The second-order valence-corrected chi connectivity index (χ2v) is 7.38. The lowest BCUT2D eigenvalue weighted by molar-refractivity contribution is 0.102. The minimum Gasteiger partial charge on any atom is -0.322 e. The van der Waals surface area contributed by atoms with Gasteiger partial charge in [0.2, 0.25) is 0 Å². The van der Waals surface area contributed by atoms with Crippen molar-refractivity contribution in [3.05, 3.63) is 94.5 Å². The summed E-state index contributed by atoms with van der Waals surface area (Å²) in [7, 11) is 0. The second kappa shape index (κ2) is 8.06. The summed E-state index contributed by atoms with van der Waals surface area (Å²) in [4.78, 5) is 18.1. The zero-order chi connectivity index (χ0) is 20.4. The molecule has 4 aromatic rings. The third kappa shape index (κ3) is 3.74. The molecule has 0 fully saturated rings. The summed E-state index contributed by atoms with van der Waals surface area (Å²) in [6.07, 6.45) is 0.841. The Labute approximate surface area is 175 Å². The van der Waals surface area contributed by atoms with Gasteiger partial charge in [-0.15, -0.1) is 0 Å². The molecule has 1 N–H and O–H groups in total. The van der Waals surface area contributed by atoms with E-state index in [1.54, 1.807) is 6.07 Å². The minimum atomic E-state index is -0.171. The van der Waals surface area contributed by atoms with Crippen LogP contribution >= 0.6 is 11.6 Å². The lowest BCUT2D eigenvalue weighted by atomic mass is 10.0. The molecule has 0 spiro atoms. The molecule has 4 heteroatoms. The van der Waals surface area contributed by atoms with Gasteiger partial charge in [0.05, 0.1) is 21.8 Å². The van der Waals surface area contributed by atoms with E-state index < -0.39 is 0 Å². The maximum absolute atomic E-state index is 13.3. The number of aryl methyl sites for hydroxylation is 2. The molecule has 29 heavy (non-hydrogen) atoms. The zero-order valence-corrected chi connectivity index (χ0v) is 17.1. The van der Waals surface area contributed by atoms with Gasteiger partial charge in [0.1, 0.15) is 0 Å². The summed E-state index contributed by atoms with van der Waals surface area (Å²) >= 11 is 6.45. The Kier molecular flexibility index (Phi) is 5.32. The Morgan fingerprint density at radius 3 is 2.55 bits per heavy atom. The molecule has 0 aliphatic heterocycles. The molecule has 144 valence electrons. The number of anilines is 1. The fraction of sp³-hybridized carbons (Fsp3) is 0.120. The van der Waals surface area contributed by atoms with Crippen molar-refractivity contribution < 1.29 is 4.79 Å². The van der Waals surface area contributed by atoms with Crippen LogP contribution in [0.2, 0.25) is 5.02 Å². The molecule has 0 saturated heterocycles. The Morgan fingerprint density at radius 1 is 1.00 bits per heavy atom. The highest BCUT2D eigenvalue weighted by Crippen LogP contribution is 2.31. The smallest absolute Gasteiger partial charge is 0.256 e. The van der Waals surface area contributed by atoms with Crippen LogP contribution in [0.25, 0.3) is 22.2 Å². The number of benzene rings is 3. The van der Waals surface area contributed by atoms with E-state index in [4.69, 9.17) is 16.6 Å². The van der Waals surface area contributed by atoms with Gasteiger partial charge < -0.3 is 5.32 Å². The predicted octanol–water partition coefficient (Wildman–Crippen LogP) is 6.68. The average molecular weight is 401 g/mol. The third-order valence-corrected chi connectivity index (χ3v) is 5.41. The minimum absolute atomic E-state index is 0.171. The van der Waals surface area contributed by atoms with E-state index in [2.05, 4.69) is 12.2 Å². The van der Waals surface area contributed by atoms with Crippen molar-refractivity contribution in [1.82, 2.24) is 4.98 Å². The normalized spacial score (nSPS) is 10.9. The van der Waals surface area contributed by atoms with E-state index >= 15 is 0 Å². The number of amides is 1. The summed E-state index contributed by atoms with van der Waals surface area (Å²) in [6.45, 7) is 4.11. The molecule has 1 heterocycles. The maximum Gasteiger partial charge on any atom is 0.256 e. The summed E-state index contributed by atoms with van der Waals surface area (Å²) in [5.74, 6) is -0.171. The third-order valence-electron chi connectivity index (χ3n) is 5.10. The van der Waals surface area contributed by atoms with Crippen LogP contribution in [0.1, 0.15) is 28.4 Å². The van der Waals surface area contributed by atoms with Crippen LogP contribution in [-0.2, 0) is 6.42 Å². The van der Waals surface area contributed by atoms with Gasteiger partial charge >= 0.3 is 0 Å². The average Bonchev–Trinajstić information content (AvgIpc) is 2.74. The number of hydrogen-bond acceptors (Lipinski definition) is 2. The number of carbonyl (C=O) groups is 1. The Bertz CT molecular complexity index is 1220. The van der Waals surface area contributed by atoms with E-state index in [9.17, 15) is 4.79 Å². The molecule has 4 rings (SSSR count). The fourth-order valence-corrected chi connectivity index (χ4v) is 3.76. The number of halogens is 1. The fourth-order valence-electron chi connectivity index (χ4n) is 3.54. The van der Waals surface area contributed by atoms with Crippen molar-refractivity contribution in [1.29, 1.82) is 0 Å². The van der Waals surface area contributed by atoms with Crippen molar-refractivity contribution in [2.45, 2.75) is 20.3 Å². The van der Waals surface area contributed by atoms with Gasteiger partial charge in [0, 0.05) is 16.6 Å². The van der Waals surface area contributed by atoms with Gasteiger partial charge in [0.15, 0.2) is 0 Å². The molecule has 3 nitrogen and oxygen atoms in total. The monoisotopic (exact) mass is 400 g/mol. The Hall–Kier alpha value is -3.17. The largest absolute Gasteiger partial charge is 0.322 e. The van der Waals surface area contributed by atoms with Crippen LogP contribution < -0.4 is 5.32 Å². The van der Waals surface area contributed by atoms with Crippen LogP contribution in [0.4, 0.5) is 5.69 Å². The summed E-state index contributed by atoms with van der Waals surface area (Å²) in [6, 6.07) is 23.2.